The largest absolute Gasteiger partial charge is 0.485 e. The van der Waals surface area contributed by atoms with Crippen molar-refractivity contribution in [2.24, 2.45) is 0 Å². The first-order chi connectivity index (χ1) is 15.6. The molecular weight excluding hydrogens is 440 g/mol. The monoisotopic (exact) mass is 464 g/mol. The Balaban J connectivity index is 1.48. The maximum atomic E-state index is 12.3. The fourth-order valence-electron chi connectivity index (χ4n) is 3.27. The maximum Gasteiger partial charge on any atom is 0.230 e. The zero-order chi connectivity index (χ0) is 22.3. The van der Waals surface area contributed by atoms with Crippen molar-refractivity contribution in [2.75, 3.05) is 5.75 Å². The first-order valence-electron chi connectivity index (χ1n) is 10.2. The van der Waals surface area contributed by atoms with Crippen molar-refractivity contribution in [1.82, 2.24) is 20.1 Å². The summed E-state index contributed by atoms with van der Waals surface area (Å²) in [5.41, 5.74) is 3.08. The van der Waals surface area contributed by atoms with Gasteiger partial charge in [0.15, 0.2) is 11.0 Å². The van der Waals surface area contributed by atoms with Gasteiger partial charge in [-0.25, -0.2) is 0 Å². The number of para-hydroxylation sites is 2. The second-order valence-corrected chi connectivity index (χ2v) is 9.20. The molecule has 0 aliphatic carbocycles. The molecule has 0 aliphatic heterocycles. The van der Waals surface area contributed by atoms with E-state index in [1.54, 1.807) is 11.3 Å². The van der Waals surface area contributed by atoms with Gasteiger partial charge in [-0.3, -0.25) is 9.36 Å². The third kappa shape index (κ3) is 5.38. The molecule has 32 heavy (non-hydrogen) atoms. The van der Waals surface area contributed by atoms with E-state index in [9.17, 15) is 4.79 Å². The van der Waals surface area contributed by atoms with Gasteiger partial charge in [-0.15, -0.1) is 21.5 Å². The van der Waals surface area contributed by atoms with E-state index in [0.717, 1.165) is 27.4 Å². The van der Waals surface area contributed by atoms with E-state index in [-0.39, 0.29) is 18.3 Å². The van der Waals surface area contributed by atoms with E-state index in [2.05, 4.69) is 15.5 Å². The van der Waals surface area contributed by atoms with Gasteiger partial charge in [0.25, 0.3) is 0 Å². The standard InChI is InChI=1S/C24H24N4O2S2/c1-17-8-6-9-18(2)23(17)30-15-21-26-27-24(28(21)19-10-4-3-5-11-19)32-16-22(29)25-14-20-12-7-13-31-20/h3-13H,14-16H2,1-2H3,(H,25,29). The summed E-state index contributed by atoms with van der Waals surface area (Å²) in [5, 5.41) is 14.3. The number of nitrogens with zero attached hydrogens (tertiary/aromatic N) is 3. The number of nitrogens with one attached hydrogen (secondary N) is 1. The SMILES string of the molecule is Cc1cccc(C)c1OCc1nnc(SCC(=O)NCc2cccs2)n1-c1ccccc1. The van der Waals surface area contributed by atoms with Crippen LogP contribution in [0.15, 0.2) is 71.2 Å². The van der Waals surface area contributed by atoms with E-state index < -0.39 is 0 Å². The molecule has 2 heterocycles. The highest BCUT2D eigenvalue weighted by Crippen LogP contribution is 2.26. The zero-order valence-corrected chi connectivity index (χ0v) is 19.6. The van der Waals surface area contributed by atoms with Gasteiger partial charge in [-0.05, 0) is 48.6 Å². The van der Waals surface area contributed by atoms with Gasteiger partial charge < -0.3 is 10.1 Å². The molecule has 0 aliphatic rings. The number of thioether (sulfide) groups is 1. The Morgan fingerprint density at radius 2 is 1.81 bits per heavy atom. The van der Waals surface area contributed by atoms with Crippen LogP contribution in [0.5, 0.6) is 5.75 Å². The molecule has 0 spiro atoms. The number of hydrogen-bond donors (Lipinski definition) is 1. The van der Waals surface area contributed by atoms with Gasteiger partial charge in [0.2, 0.25) is 5.91 Å². The van der Waals surface area contributed by atoms with Crippen LogP contribution in [0, 0.1) is 13.8 Å². The van der Waals surface area contributed by atoms with Crippen molar-refractivity contribution in [3.8, 4) is 11.4 Å². The fraction of sp³-hybridized carbons (Fsp3) is 0.208. The molecule has 0 bridgehead atoms. The van der Waals surface area contributed by atoms with Crippen molar-refractivity contribution >= 4 is 29.0 Å². The second kappa shape index (κ2) is 10.5. The summed E-state index contributed by atoms with van der Waals surface area (Å²) in [4.78, 5) is 13.5. The highest BCUT2D eigenvalue weighted by atomic mass is 32.2. The number of hydrogen-bond acceptors (Lipinski definition) is 6. The van der Waals surface area contributed by atoms with Gasteiger partial charge in [0.1, 0.15) is 12.4 Å². The van der Waals surface area contributed by atoms with Crippen molar-refractivity contribution < 1.29 is 9.53 Å². The molecule has 2 aromatic heterocycles. The summed E-state index contributed by atoms with van der Waals surface area (Å²) >= 11 is 2.99. The molecule has 1 N–H and O–H groups in total. The van der Waals surface area contributed by atoms with Crippen molar-refractivity contribution in [3.05, 3.63) is 87.9 Å². The molecule has 0 fully saturated rings. The third-order valence-corrected chi connectivity index (χ3v) is 6.65. The number of ether oxygens (including phenoxy) is 1. The number of aryl methyl sites for hydroxylation is 2. The smallest absolute Gasteiger partial charge is 0.230 e. The van der Waals surface area contributed by atoms with E-state index in [4.69, 9.17) is 4.74 Å². The molecule has 0 unspecified atom stereocenters. The predicted octanol–water partition coefficient (Wildman–Crippen LogP) is 4.93. The first-order valence-corrected chi connectivity index (χ1v) is 12.1. The summed E-state index contributed by atoms with van der Waals surface area (Å²) in [6, 6.07) is 19.9. The van der Waals surface area contributed by atoms with Crippen LogP contribution in [0.4, 0.5) is 0 Å². The predicted molar refractivity (Wildman–Crippen MR) is 128 cm³/mol. The van der Waals surface area contributed by atoms with Crippen molar-refractivity contribution in [1.29, 1.82) is 0 Å². The quantitative estimate of drug-likeness (QED) is 0.356. The molecule has 164 valence electrons. The molecule has 1 amide bonds. The van der Waals surface area contributed by atoms with Gasteiger partial charge in [0, 0.05) is 10.6 Å². The first kappa shape index (κ1) is 22.1. The normalized spacial score (nSPS) is 10.8. The van der Waals surface area contributed by atoms with E-state index in [1.807, 2.05) is 84.5 Å². The third-order valence-electron chi connectivity index (χ3n) is 4.84. The van der Waals surface area contributed by atoms with Crippen molar-refractivity contribution in [3.63, 3.8) is 0 Å². The molecular formula is C24H24N4O2S2. The lowest BCUT2D eigenvalue weighted by Gasteiger charge is -2.13. The van der Waals surface area contributed by atoms with Crippen LogP contribution in [0.2, 0.25) is 0 Å². The number of amides is 1. The summed E-state index contributed by atoms with van der Waals surface area (Å²) < 4.78 is 8.07. The minimum absolute atomic E-state index is 0.0423. The topological polar surface area (TPSA) is 69.0 Å². The number of rotatable bonds is 9. The van der Waals surface area contributed by atoms with Gasteiger partial charge in [-0.2, -0.15) is 0 Å². The lowest BCUT2D eigenvalue weighted by molar-refractivity contribution is -0.118. The zero-order valence-electron chi connectivity index (χ0n) is 17.9. The maximum absolute atomic E-state index is 12.3. The lowest BCUT2D eigenvalue weighted by atomic mass is 10.1. The summed E-state index contributed by atoms with van der Waals surface area (Å²) in [6.07, 6.45) is 0. The number of thiophene rings is 1. The van der Waals surface area contributed by atoms with Crippen molar-refractivity contribution in [2.45, 2.75) is 32.2 Å². The number of carbonyl (C=O) groups is 1. The minimum Gasteiger partial charge on any atom is -0.485 e. The highest BCUT2D eigenvalue weighted by molar-refractivity contribution is 7.99. The molecule has 0 atom stereocenters. The summed E-state index contributed by atoms with van der Waals surface area (Å²) in [5.74, 6) is 1.76. The average Bonchev–Trinajstić information content (AvgIpc) is 3.46. The van der Waals surface area contributed by atoms with Crippen LogP contribution < -0.4 is 10.1 Å². The van der Waals surface area contributed by atoms with Crippen LogP contribution in [0.25, 0.3) is 5.69 Å². The molecule has 4 rings (SSSR count). The molecule has 0 saturated carbocycles. The van der Waals surface area contributed by atoms with E-state index in [0.29, 0.717) is 17.5 Å². The number of benzene rings is 2. The fourth-order valence-corrected chi connectivity index (χ4v) is 4.71. The van der Waals surface area contributed by atoms with Gasteiger partial charge >= 0.3 is 0 Å². The molecule has 8 heteroatoms. The molecule has 6 nitrogen and oxygen atoms in total. The van der Waals surface area contributed by atoms with Crippen LogP contribution in [-0.2, 0) is 17.9 Å². The Morgan fingerprint density at radius 3 is 2.53 bits per heavy atom. The molecule has 2 aromatic carbocycles. The van der Waals surface area contributed by atoms with E-state index >= 15 is 0 Å². The summed E-state index contributed by atoms with van der Waals surface area (Å²) in [7, 11) is 0. The lowest BCUT2D eigenvalue weighted by Crippen LogP contribution is -2.24. The second-order valence-electron chi connectivity index (χ2n) is 7.22. The minimum atomic E-state index is -0.0423. The Bertz CT molecular complexity index is 1150. The van der Waals surface area contributed by atoms with Crippen LogP contribution in [-0.4, -0.2) is 26.4 Å². The Kier molecular flexibility index (Phi) is 7.24. The average molecular weight is 465 g/mol. The molecule has 0 radical (unpaired) electrons. The Morgan fingerprint density at radius 1 is 1.03 bits per heavy atom. The molecule has 4 aromatic rings. The molecule has 0 saturated heterocycles. The van der Waals surface area contributed by atoms with Crippen LogP contribution in [0.1, 0.15) is 21.8 Å². The van der Waals surface area contributed by atoms with Crippen LogP contribution >= 0.6 is 23.1 Å². The van der Waals surface area contributed by atoms with Crippen LogP contribution in [0.3, 0.4) is 0 Å². The van der Waals surface area contributed by atoms with Gasteiger partial charge in [-0.1, -0.05) is 54.2 Å². The summed E-state index contributed by atoms with van der Waals surface area (Å²) in [6.45, 7) is 4.87. The van der Waals surface area contributed by atoms with E-state index in [1.165, 1.54) is 11.8 Å². The number of aromatic nitrogens is 3. The van der Waals surface area contributed by atoms with Gasteiger partial charge in [0.05, 0.1) is 12.3 Å². The Labute approximate surface area is 195 Å². The Hall–Kier alpha value is -3.10. The highest BCUT2D eigenvalue weighted by Gasteiger charge is 2.17. The number of carbonyl (C=O) groups excluding carboxylic acids is 1.